The van der Waals surface area contributed by atoms with Crippen molar-refractivity contribution in [2.45, 2.75) is 13.3 Å². The number of aryl methyl sites for hydroxylation is 1. The van der Waals surface area contributed by atoms with Crippen molar-refractivity contribution in [1.29, 1.82) is 0 Å². The van der Waals surface area contributed by atoms with Crippen molar-refractivity contribution in [2.75, 3.05) is 6.54 Å². The highest BCUT2D eigenvalue weighted by atomic mass is 35.5. The van der Waals surface area contributed by atoms with Crippen molar-refractivity contribution in [3.8, 4) is 0 Å². The number of nitrogens with two attached hydrogens (primary N) is 1. The molecule has 5 heteroatoms. The van der Waals surface area contributed by atoms with Gasteiger partial charge in [-0.25, -0.2) is 0 Å². The Morgan fingerprint density at radius 2 is 2.36 bits per heavy atom. The molecule has 2 N–H and O–H groups in total. The lowest BCUT2D eigenvalue weighted by Crippen LogP contribution is -2.23. The molecule has 1 aromatic rings. The molecular formula is C9H16ClN3O. The zero-order chi connectivity index (χ0) is 9.84. The molecule has 0 radical (unpaired) electrons. The predicted molar refractivity (Wildman–Crippen MR) is 57.4 cm³/mol. The van der Waals surface area contributed by atoms with Crippen molar-refractivity contribution in [3.63, 3.8) is 0 Å². The van der Waals surface area contributed by atoms with Crippen molar-refractivity contribution >= 4 is 18.2 Å². The monoisotopic (exact) mass is 217 g/mol. The normalized spacial score (nSPS) is 11.9. The number of nitrogens with zero attached hydrogens (tertiary/aromatic N) is 2. The standard InChI is InChI=1S/C9H15N3O.ClH/c1-7(13)9(4-10)3-8-5-11-12(2)6-8;/h5-6,9H,3-4,10H2,1-2H3;1H. The summed E-state index contributed by atoms with van der Waals surface area (Å²) in [5, 5.41) is 4.03. The number of carbonyl (C=O) groups excluding carboxylic acids is 1. The number of hydrogen-bond acceptors (Lipinski definition) is 3. The first-order valence-electron chi connectivity index (χ1n) is 4.31. The molecule has 1 rings (SSSR count). The third kappa shape index (κ3) is 3.47. The van der Waals surface area contributed by atoms with E-state index in [0.717, 1.165) is 5.56 Å². The van der Waals surface area contributed by atoms with Gasteiger partial charge >= 0.3 is 0 Å². The summed E-state index contributed by atoms with van der Waals surface area (Å²) in [6.45, 7) is 1.98. The number of rotatable bonds is 4. The van der Waals surface area contributed by atoms with Gasteiger partial charge in [0.1, 0.15) is 5.78 Å². The number of Topliss-reactive ketones (excluding diaryl/α,β-unsaturated/α-hetero) is 1. The molecule has 0 aliphatic carbocycles. The maximum absolute atomic E-state index is 11.1. The largest absolute Gasteiger partial charge is 0.330 e. The van der Waals surface area contributed by atoms with Crippen molar-refractivity contribution in [2.24, 2.45) is 18.7 Å². The fourth-order valence-corrected chi connectivity index (χ4v) is 1.25. The van der Waals surface area contributed by atoms with E-state index >= 15 is 0 Å². The highest BCUT2D eigenvalue weighted by molar-refractivity contribution is 5.85. The molecule has 0 saturated carbocycles. The zero-order valence-electron chi connectivity index (χ0n) is 8.43. The van der Waals surface area contributed by atoms with Crippen LogP contribution >= 0.6 is 12.4 Å². The van der Waals surface area contributed by atoms with Crippen LogP contribution in [0.3, 0.4) is 0 Å². The summed E-state index contributed by atoms with van der Waals surface area (Å²) in [7, 11) is 1.86. The van der Waals surface area contributed by atoms with Gasteiger partial charge in [0.25, 0.3) is 0 Å². The van der Waals surface area contributed by atoms with Crippen LogP contribution in [0.25, 0.3) is 0 Å². The van der Waals surface area contributed by atoms with E-state index in [-0.39, 0.29) is 24.1 Å². The van der Waals surface area contributed by atoms with Gasteiger partial charge in [-0.05, 0) is 18.9 Å². The Morgan fingerprint density at radius 3 is 2.71 bits per heavy atom. The quantitative estimate of drug-likeness (QED) is 0.801. The topological polar surface area (TPSA) is 60.9 Å². The van der Waals surface area contributed by atoms with Gasteiger partial charge < -0.3 is 5.73 Å². The maximum atomic E-state index is 11.1. The molecule has 0 amide bonds. The summed E-state index contributed by atoms with van der Waals surface area (Å²) in [5.74, 6) is 0.0792. The average Bonchev–Trinajstić information content (AvgIpc) is 2.46. The number of carbonyl (C=O) groups is 1. The van der Waals surface area contributed by atoms with E-state index in [0.29, 0.717) is 13.0 Å². The van der Waals surface area contributed by atoms with Crippen LogP contribution in [0.5, 0.6) is 0 Å². The zero-order valence-corrected chi connectivity index (χ0v) is 9.25. The summed E-state index contributed by atoms with van der Waals surface area (Å²) in [4.78, 5) is 11.1. The van der Waals surface area contributed by atoms with Crippen LogP contribution in [0.1, 0.15) is 12.5 Å². The number of halogens is 1. The van der Waals surface area contributed by atoms with Crippen molar-refractivity contribution in [3.05, 3.63) is 18.0 Å². The van der Waals surface area contributed by atoms with E-state index in [1.165, 1.54) is 0 Å². The van der Waals surface area contributed by atoms with Gasteiger partial charge in [-0.2, -0.15) is 5.10 Å². The Bertz CT molecular complexity index is 298. The molecule has 1 unspecified atom stereocenters. The van der Waals surface area contributed by atoms with E-state index in [1.807, 2.05) is 13.2 Å². The molecule has 0 saturated heterocycles. The predicted octanol–water partition coefficient (Wildman–Crippen LogP) is 0.548. The minimum Gasteiger partial charge on any atom is -0.330 e. The first-order chi connectivity index (χ1) is 6.13. The molecule has 0 bridgehead atoms. The number of aromatic nitrogens is 2. The molecule has 4 nitrogen and oxygen atoms in total. The molecule has 0 aliphatic rings. The lowest BCUT2D eigenvalue weighted by Gasteiger charge is -2.08. The Hall–Kier alpha value is -0.870. The Morgan fingerprint density at radius 1 is 1.71 bits per heavy atom. The summed E-state index contributed by atoms with van der Waals surface area (Å²) < 4.78 is 1.73. The van der Waals surface area contributed by atoms with Crippen LogP contribution in [-0.4, -0.2) is 22.1 Å². The Kier molecular flexibility index (Phi) is 5.42. The average molecular weight is 218 g/mol. The second kappa shape index (κ2) is 5.78. The smallest absolute Gasteiger partial charge is 0.134 e. The van der Waals surface area contributed by atoms with E-state index in [2.05, 4.69) is 5.10 Å². The Balaban J connectivity index is 0.00000169. The molecule has 0 fully saturated rings. The number of hydrogen-bond donors (Lipinski definition) is 1. The Labute approximate surface area is 89.9 Å². The SMILES string of the molecule is CC(=O)C(CN)Cc1cnn(C)c1.Cl. The molecule has 1 atom stereocenters. The van der Waals surface area contributed by atoms with Crippen molar-refractivity contribution in [1.82, 2.24) is 9.78 Å². The minimum absolute atomic E-state index is 0. The molecule has 1 heterocycles. The lowest BCUT2D eigenvalue weighted by atomic mass is 9.98. The second-order valence-electron chi connectivity index (χ2n) is 3.27. The molecule has 0 spiro atoms. The van der Waals surface area contributed by atoms with E-state index in [1.54, 1.807) is 17.8 Å². The summed E-state index contributed by atoms with van der Waals surface area (Å²) in [6, 6.07) is 0. The second-order valence-corrected chi connectivity index (χ2v) is 3.27. The van der Waals surface area contributed by atoms with Gasteiger partial charge in [0.2, 0.25) is 0 Å². The van der Waals surface area contributed by atoms with Crippen LogP contribution in [-0.2, 0) is 18.3 Å². The molecule has 80 valence electrons. The third-order valence-corrected chi connectivity index (χ3v) is 2.10. The van der Waals surface area contributed by atoms with E-state index in [4.69, 9.17) is 5.73 Å². The highest BCUT2D eigenvalue weighted by Crippen LogP contribution is 2.07. The van der Waals surface area contributed by atoms with Gasteiger partial charge in [0, 0.05) is 25.7 Å². The van der Waals surface area contributed by atoms with Crippen LogP contribution in [0.15, 0.2) is 12.4 Å². The summed E-state index contributed by atoms with van der Waals surface area (Å²) in [6.07, 6.45) is 4.37. The maximum Gasteiger partial charge on any atom is 0.134 e. The van der Waals surface area contributed by atoms with Gasteiger partial charge in [0.05, 0.1) is 6.20 Å². The summed E-state index contributed by atoms with van der Waals surface area (Å²) >= 11 is 0. The molecule has 14 heavy (non-hydrogen) atoms. The van der Waals surface area contributed by atoms with Gasteiger partial charge in [-0.3, -0.25) is 9.48 Å². The molecule has 1 aromatic heterocycles. The van der Waals surface area contributed by atoms with E-state index < -0.39 is 0 Å². The fraction of sp³-hybridized carbons (Fsp3) is 0.556. The van der Waals surface area contributed by atoms with Crippen molar-refractivity contribution < 1.29 is 4.79 Å². The van der Waals surface area contributed by atoms with Gasteiger partial charge in [-0.1, -0.05) is 0 Å². The van der Waals surface area contributed by atoms with Gasteiger partial charge in [0.15, 0.2) is 0 Å². The van der Waals surface area contributed by atoms with E-state index in [9.17, 15) is 4.79 Å². The van der Waals surface area contributed by atoms with Gasteiger partial charge in [-0.15, -0.1) is 12.4 Å². The van der Waals surface area contributed by atoms with Crippen LogP contribution < -0.4 is 5.73 Å². The third-order valence-electron chi connectivity index (χ3n) is 2.10. The lowest BCUT2D eigenvalue weighted by molar-refractivity contribution is -0.120. The first kappa shape index (κ1) is 13.1. The van der Waals surface area contributed by atoms with Crippen LogP contribution in [0.4, 0.5) is 0 Å². The first-order valence-corrected chi connectivity index (χ1v) is 4.31. The number of ketones is 1. The van der Waals surface area contributed by atoms with Crippen LogP contribution in [0, 0.1) is 5.92 Å². The molecule has 0 aromatic carbocycles. The fourth-order valence-electron chi connectivity index (χ4n) is 1.25. The molecular weight excluding hydrogens is 202 g/mol. The molecule has 0 aliphatic heterocycles. The summed E-state index contributed by atoms with van der Waals surface area (Å²) in [5.41, 5.74) is 6.54. The minimum atomic E-state index is -0.0656. The van der Waals surface area contributed by atoms with Crippen LogP contribution in [0.2, 0.25) is 0 Å². The highest BCUT2D eigenvalue weighted by Gasteiger charge is 2.13.